The van der Waals surface area contributed by atoms with Gasteiger partial charge >= 0.3 is 0 Å². The SMILES string of the molecule is CCOc1ccccc1OCC(=O)Nc1ccc(Sc2nncn2C)cc1. The minimum Gasteiger partial charge on any atom is -0.490 e. The zero-order chi connectivity index (χ0) is 19.1. The van der Waals surface area contributed by atoms with E-state index in [1.165, 1.54) is 11.8 Å². The van der Waals surface area contributed by atoms with Gasteiger partial charge in [0.15, 0.2) is 23.3 Å². The molecule has 0 aliphatic carbocycles. The first-order valence-corrected chi connectivity index (χ1v) is 9.23. The minimum atomic E-state index is -0.241. The van der Waals surface area contributed by atoms with Gasteiger partial charge in [0.25, 0.3) is 5.91 Å². The molecule has 1 heterocycles. The molecule has 1 N–H and O–H groups in total. The molecule has 0 unspecified atom stereocenters. The van der Waals surface area contributed by atoms with E-state index < -0.39 is 0 Å². The van der Waals surface area contributed by atoms with Crippen molar-refractivity contribution in [1.82, 2.24) is 14.8 Å². The third kappa shape index (κ3) is 5.24. The van der Waals surface area contributed by atoms with Crippen LogP contribution in [0.3, 0.4) is 0 Å². The van der Waals surface area contributed by atoms with E-state index in [0.717, 1.165) is 10.1 Å². The van der Waals surface area contributed by atoms with Gasteiger partial charge in [-0.3, -0.25) is 4.79 Å². The second-order valence-electron chi connectivity index (χ2n) is 5.57. The van der Waals surface area contributed by atoms with Crippen molar-refractivity contribution in [2.75, 3.05) is 18.5 Å². The van der Waals surface area contributed by atoms with Gasteiger partial charge in [-0.1, -0.05) is 12.1 Å². The molecule has 0 fully saturated rings. The number of carbonyl (C=O) groups excluding carboxylic acids is 1. The molecule has 3 rings (SSSR count). The van der Waals surface area contributed by atoms with Crippen LogP contribution < -0.4 is 14.8 Å². The van der Waals surface area contributed by atoms with Crippen LogP contribution in [0, 0.1) is 0 Å². The number of para-hydroxylation sites is 2. The van der Waals surface area contributed by atoms with E-state index in [4.69, 9.17) is 9.47 Å². The summed E-state index contributed by atoms with van der Waals surface area (Å²) in [5.41, 5.74) is 0.698. The number of aromatic nitrogens is 3. The number of hydrogen-bond donors (Lipinski definition) is 1. The summed E-state index contributed by atoms with van der Waals surface area (Å²) < 4.78 is 12.9. The van der Waals surface area contributed by atoms with E-state index in [-0.39, 0.29) is 12.5 Å². The Bertz CT molecular complexity index is 896. The molecular formula is C19H20N4O3S. The van der Waals surface area contributed by atoms with Crippen molar-refractivity contribution in [3.8, 4) is 11.5 Å². The maximum absolute atomic E-state index is 12.1. The average molecular weight is 384 g/mol. The first-order valence-electron chi connectivity index (χ1n) is 8.42. The molecule has 0 spiro atoms. The van der Waals surface area contributed by atoms with Gasteiger partial charge in [-0.25, -0.2) is 0 Å². The van der Waals surface area contributed by atoms with Crippen molar-refractivity contribution in [3.63, 3.8) is 0 Å². The lowest BCUT2D eigenvalue weighted by Gasteiger charge is -2.11. The second kappa shape index (κ2) is 9.09. The normalized spacial score (nSPS) is 10.4. The van der Waals surface area contributed by atoms with Crippen LogP contribution in [0.4, 0.5) is 5.69 Å². The predicted molar refractivity (Wildman–Crippen MR) is 103 cm³/mol. The molecule has 3 aromatic rings. The molecule has 0 saturated heterocycles. The van der Waals surface area contributed by atoms with Crippen molar-refractivity contribution in [1.29, 1.82) is 0 Å². The third-order valence-electron chi connectivity index (χ3n) is 3.52. The summed E-state index contributed by atoms with van der Waals surface area (Å²) in [6, 6.07) is 14.8. The molecule has 0 aliphatic rings. The number of amides is 1. The highest BCUT2D eigenvalue weighted by atomic mass is 32.2. The molecule has 8 heteroatoms. The lowest BCUT2D eigenvalue weighted by Crippen LogP contribution is -2.20. The Morgan fingerprint density at radius 1 is 1.11 bits per heavy atom. The summed E-state index contributed by atoms with van der Waals surface area (Å²) in [4.78, 5) is 13.1. The Kier molecular flexibility index (Phi) is 6.32. The maximum Gasteiger partial charge on any atom is 0.262 e. The van der Waals surface area contributed by atoms with E-state index in [1.54, 1.807) is 12.4 Å². The van der Waals surface area contributed by atoms with Gasteiger partial charge < -0.3 is 19.4 Å². The van der Waals surface area contributed by atoms with Crippen LogP contribution in [0.25, 0.3) is 0 Å². The smallest absolute Gasteiger partial charge is 0.262 e. The summed E-state index contributed by atoms with van der Waals surface area (Å²) in [5.74, 6) is 0.929. The lowest BCUT2D eigenvalue weighted by atomic mass is 10.3. The third-order valence-corrected chi connectivity index (χ3v) is 4.58. The van der Waals surface area contributed by atoms with Gasteiger partial charge in [-0.2, -0.15) is 0 Å². The van der Waals surface area contributed by atoms with E-state index >= 15 is 0 Å². The summed E-state index contributed by atoms with van der Waals surface area (Å²) >= 11 is 1.50. The number of aryl methyl sites for hydroxylation is 1. The Labute approximate surface area is 161 Å². The molecular weight excluding hydrogens is 364 g/mol. The van der Waals surface area contributed by atoms with Gasteiger partial charge in [-0.15, -0.1) is 10.2 Å². The number of benzene rings is 2. The maximum atomic E-state index is 12.1. The topological polar surface area (TPSA) is 78.3 Å². The number of carbonyl (C=O) groups is 1. The molecule has 0 aliphatic heterocycles. The number of rotatable bonds is 8. The fraction of sp³-hybridized carbons (Fsp3) is 0.211. The molecule has 1 aromatic heterocycles. The van der Waals surface area contributed by atoms with E-state index in [9.17, 15) is 4.79 Å². The standard InChI is InChI=1S/C19H20N4O3S/c1-3-25-16-6-4-5-7-17(16)26-12-18(24)21-14-8-10-15(11-9-14)27-19-22-20-13-23(19)2/h4-11,13H,3,12H2,1-2H3,(H,21,24). The molecule has 2 aromatic carbocycles. The first kappa shape index (κ1) is 18.8. The summed E-state index contributed by atoms with van der Waals surface area (Å²) in [5, 5.41) is 11.5. The summed E-state index contributed by atoms with van der Waals surface area (Å²) in [6.45, 7) is 2.33. The van der Waals surface area contributed by atoms with Gasteiger partial charge in [0.1, 0.15) is 6.33 Å². The van der Waals surface area contributed by atoms with E-state index in [0.29, 0.717) is 23.8 Å². The number of nitrogens with zero attached hydrogens (tertiary/aromatic N) is 3. The zero-order valence-electron chi connectivity index (χ0n) is 15.1. The first-order chi connectivity index (χ1) is 13.2. The number of ether oxygens (including phenoxy) is 2. The second-order valence-corrected chi connectivity index (χ2v) is 6.61. The van der Waals surface area contributed by atoms with Crippen LogP contribution in [-0.4, -0.2) is 33.9 Å². The van der Waals surface area contributed by atoms with Crippen molar-refractivity contribution in [2.24, 2.45) is 7.05 Å². The Hall–Kier alpha value is -3.00. The monoisotopic (exact) mass is 384 g/mol. The largest absolute Gasteiger partial charge is 0.490 e. The van der Waals surface area contributed by atoms with Crippen LogP contribution in [0.2, 0.25) is 0 Å². The van der Waals surface area contributed by atoms with Gasteiger partial charge in [0, 0.05) is 17.6 Å². The molecule has 1 amide bonds. The number of hydrogen-bond acceptors (Lipinski definition) is 6. The quantitative estimate of drug-likeness (QED) is 0.641. The van der Waals surface area contributed by atoms with Crippen LogP contribution in [0.15, 0.2) is 64.9 Å². The van der Waals surface area contributed by atoms with Crippen LogP contribution in [0.1, 0.15) is 6.92 Å². The van der Waals surface area contributed by atoms with Gasteiger partial charge in [0.05, 0.1) is 6.61 Å². The van der Waals surface area contributed by atoms with E-state index in [1.807, 2.05) is 61.0 Å². The fourth-order valence-electron chi connectivity index (χ4n) is 2.26. The fourth-order valence-corrected chi connectivity index (χ4v) is 3.02. The number of nitrogens with one attached hydrogen (secondary N) is 1. The van der Waals surface area contributed by atoms with Crippen molar-refractivity contribution in [3.05, 3.63) is 54.9 Å². The molecule has 0 radical (unpaired) electrons. The van der Waals surface area contributed by atoms with Gasteiger partial charge in [-0.05, 0) is 55.1 Å². The average Bonchev–Trinajstić information content (AvgIpc) is 3.07. The molecule has 0 saturated carbocycles. The highest BCUT2D eigenvalue weighted by Gasteiger charge is 2.08. The van der Waals surface area contributed by atoms with Crippen molar-refractivity contribution < 1.29 is 14.3 Å². The van der Waals surface area contributed by atoms with Crippen LogP contribution in [-0.2, 0) is 11.8 Å². The highest BCUT2D eigenvalue weighted by Crippen LogP contribution is 2.27. The minimum absolute atomic E-state index is 0.0977. The van der Waals surface area contributed by atoms with Gasteiger partial charge in [0.2, 0.25) is 0 Å². The lowest BCUT2D eigenvalue weighted by molar-refractivity contribution is -0.118. The van der Waals surface area contributed by atoms with Crippen molar-refractivity contribution in [2.45, 2.75) is 17.0 Å². The zero-order valence-corrected chi connectivity index (χ0v) is 15.9. The Morgan fingerprint density at radius 3 is 2.44 bits per heavy atom. The summed E-state index contributed by atoms with van der Waals surface area (Å²) in [6.07, 6.45) is 1.65. The Morgan fingerprint density at radius 2 is 1.81 bits per heavy atom. The molecule has 140 valence electrons. The molecule has 0 atom stereocenters. The predicted octanol–water partition coefficient (Wildman–Crippen LogP) is 3.38. The molecule has 0 bridgehead atoms. The Balaban J connectivity index is 1.53. The van der Waals surface area contributed by atoms with E-state index in [2.05, 4.69) is 15.5 Å². The molecule has 7 nitrogen and oxygen atoms in total. The highest BCUT2D eigenvalue weighted by molar-refractivity contribution is 7.99. The number of anilines is 1. The van der Waals surface area contributed by atoms with Crippen molar-refractivity contribution >= 4 is 23.4 Å². The summed E-state index contributed by atoms with van der Waals surface area (Å²) in [7, 11) is 1.89. The van der Waals surface area contributed by atoms with Crippen LogP contribution >= 0.6 is 11.8 Å². The molecule has 27 heavy (non-hydrogen) atoms. The van der Waals surface area contributed by atoms with Crippen LogP contribution in [0.5, 0.6) is 11.5 Å².